The summed E-state index contributed by atoms with van der Waals surface area (Å²) in [5, 5.41) is 0.718. The van der Waals surface area contributed by atoms with Crippen LogP contribution < -0.4 is 4.90 Å². The third-order valence-electron chi connectivity index (χ3n) is 2.77. The molecule has 3 nitrogen and oxygen atoms in total. The Morgan fingerprint density at radius 2 is 2.21 bits per heavy atom. The van der Waals surface area contributed by atoms with E-state index in [1.807, 2.05) is 24.8 Å². The van der Waals surface area contributed by atoms with Crippen LogP contribution in [-0.2, 0) is 0 Å². The van der Waals surface area contributed by atoms with Gasteiger partial charge in [-0.2, -0.15) is 0 Å². The largest absolute Gasteiger partial charge is 0.318 e. The highest BCUT2D eigenvalue weighted by Crippen LogP contribution is 2.31. The first-order chi connectivity index (χ1) is 9.02. The lowest BCUT2D eigenvalue weighted by Gasteiger charge is -2.19. The smallest absolute Gasteiger partial charge is 0.190 e. The number of halogens is 1. The van der Waals surface area contributed by atoms with E-state index in [4.69, 9.17) is 0 Å². The third kappa shape index (κ3) is 2.81. The summed E-state index contributed by atoms with van der Waals surface area (Å²) in [6.07, 6.45) is 0. The summed E-state index contributed by atoms with van der Waals surface area (Å²) in [7, 11) is 0. The molecule has 1 heterocycles. The molecule has 100 valence electrons. The van der Waals surface area contributed by atoms with Gasteiger partial charge in [-0.05, 0) is 32.0 Å². The Labute approximate surface area is 115 Å². The molecular weight excluding hydrogens is 263 g/mol. The minimum Gasteiger partial charge on any atom is -0.318 e. The van der Waals surface area contributed by atoms with Crippen molar-refractivity contribution in [2.75, 3.05) is 11.4 Å². The number of Topliss-reactive ketones (excluding diaryl/α,β-unsaturated/α-hetero) is 1. The zero-order chi connectivity index (χ0) is 14.0. The predicted octanol–water partition coefficient (Wildman–Crippen LogP) is 3.95. The summed E-state index contributed by atoms with van der Waals surface area (Å²) in [6, 6.07) is 6.37. The molecule has 1 aromatic carbocycles. The van der Waals surface area contributed by atoms with Crippen LogP contribution in [0.15, 0.2) is 24.3 Å². The van der Waals surface area contributed by atoms with E-state index in [9.17, 15) is 9.18 Å². The lowest BCUT2D eigenvalue weighted by atomic mass is 10.3. The van der Waals surface area contributed by atoms with Gasteiger partial charge in [0.2, 0.25) is 0 Å². The molecule has 0 N–H and O–H groups in total. The first-order valence-electron chi connectivity index (χ1n) is 6.04. The minimum absolute atomic E-state index is 0.0107. The fourth-order valence-electron chi connectivity index (χ4n) is 1.90. The summed E-state index contributed by atoms with van der Waals surface area (Å²) < 4.78 is 13.3. The van der Waals surface area contributed by atoms with Gasteiger partial charge in [0.15, 0.2) is 10.9 Å². The number of aryl methyl sites for hydroxylation is 1. The molecule has 2 aromatic rings. The van der Waals surface area contributed by atoms with Crippen LogP contribution in [0.4, 0.5) is 15.2 Å². The molecule has 2 rings (SSSR count). The number of hydrogen-bond acceptors (Lipinski definition) is 4. The fraction of sp³-hybridized carbons (Fsp3) is 0.286. The molecule has 0 fully saturated rings. The van der Waals surface area contributed by atoms with Crippen LogP contribution in [0.3, 0.4) is 0 Å². The van der Waals surface area contributed by atoms with Gasteiger partial charge < -0.3 is 4.90 Å². The van der Waals surface area contributed by atoms with Crippen molar-refractivity contribution in [1.82, 2.24) is 4.98 Å². The second kappa shape index (κ2) is 5.48. The lowest BCUT2D eigenvalue weighted by molar-refractivity contribution is 0.102. The van der Waals surface area contributed by atoms with Gasteiger partial charge in [0, 0.05) is 19.2 Å². The van der Waals surface area contributed by atoms with Gasteiger partial charge in [-0.15, -0.1) is 0 Å². The van der Waals surface area contributed by atoms with Crippen LogP contribution in [0, 0.1) is 12.7 Å². The maximum Gasteiger partial charge on any atom is 0.190 e. The number of aromatic nitrogens is 1. The number of rotatable bonds is 4. The fourth-order valence-corrected chi connectivity index (χ4v) is 2.94. The van der Waals surface area contributed by atoms with Crippen molar-refractivity contribution < 1.29 is 9.18 Å². The third-order valence-corrected chi connectivity index (χ3v) is 4.05. The van der Waals surface area contributed by atoms with E-state index in [1.165, 1.54) is 30.4 Å². The number of benzene rings is 1. The van der Waals surface area contributed by atoms with Crippen LogP contribution in [-0.4, -0.2) is 17.3 Å². The Bertz CT molecular complexity index is 609. The molecule has 5 heteroatoms. The van der Waals surface area contributed by atoms with Crippen molar-refractivity contribution in [3.63, 3.8) is 0 Å². The second-order valence-electron chi connectivity index (χ2n) is 4.19. The molecule has 1 aromatic heterocycles. The van der Waals surface area contributed by atoms with Crippen molar-refractivity contribution in [2.24, 2.45) is 0 Å². The Morgan fingerprint density at radius 1 is 1.47 bits per heavy atom. The lowest BCUT2D eigenvalue weighted by Crippen LogP contribution is -2.15. The van der Waals surface area contributed by atoms with E-state index in [0.29, 0.717) is 11.4 Å². The van der Waals surface area contributed by atoms with Gasteiger partial charge in [0.25, 0.3) is 0 Å². The number of anilines is 2. The number of ketones is 1. The summed E-state index contributed by atoms with van der Waals surface area (Å²) in [6.45, 7) is 5.97. The average molecular weight is 278 g/mol. The van der Waals surface area contributed by atoms with Gasteiger partial charge in [-0.3, -0.25) is 4.79 Å². The first kappa shape index (κ1) is 13.7. The molecule has 19 heavy (non-hydrogen) atoms. The van der Waals surface area contributed by atoms with Gasteiger partial charge in [0.05, 0.1) is 10.6 Å². The summed E-state index contributed by atoms with van der Waals surface area (Å²) in [5.74, 6) is -0.271. The monoisotopic (exact) mass is 278 g/mol. The average Bonchev–Trinajstić information content (AvgIpc) is 2.72. The summed E-state index contributed by atoms with van der Waals surface area (Å²) >= 11 is 1.34. The van der Waals surface area contributed by atoms with Crippen molar-refractivity contribution >= 4 is 27.9 Å². The predicted molar refractivity (Wildman–Crippen MR) is 75.9 cm³/mol. The van der Waals surface area contributed by atoms with E-state index in [1.54, 1.807) is 6.07 Å². The Balaban J connectivity index is 2.42. The number of carbonyl (C=O) groups excluding carboxylic acids is 1. The molecule has 0 unspecified atom stereocenters. The SMILES string of the molecule is CCN(c1cccc(F)c1)c1nc(C)c(C(C)=O)s1. The van der Waals surface area contributed by atoms with E-state index >= 15 is 0 Å². The highest BCUT2D eigenvalue weighted by molar-refractivity contribution is 7.17. The second-order valence-corrected chi connectivity index (χ2v) is 5.17. The van der Waals surface area contributed by atoms with Crippen LogP contribution in [0.25, 0.3) is 0 Å². The van der Waals surface area contributed by atoms with E-state index in [-0.39, 0.29) is 11.6 Å². The molecule has 0 bridgehead atoms. The Hall–Kier alpha value is -1.75. The Kier molecular flexibility index (Phi) is 3.95. The van der Waals surface area contributed by atoms with Gasteiger partial charge in [-0.1, -0.05) is 17.4 Å². The molecule has 0 aliphatic carbocycles. The maximum atomic E-state index is 13.3. The van der Waals surface area contributed by atoms with E-state index in [2.05, 4.69) is 4.98 Å². The van der Waals surface area contributed by atoms with Gasteiger partial charge in [-0.25, -0.2) is 9.37 Å². The van der Waals surface area contributed by atoms with E-state index < -0.39 is 0 Å². The van der Waals surface area contributed by atoms with Crippen LogP contribution in [0.2, 0.25) is 0 Å². The maximum absolute atomic E-state index is 13.3. The topological polar surface area (TPSA) is 33.2 Å². The molecule has 0 aliphatic heterocycles. The molecule has 0 aliphatic rings. The standard InChI is InChI=1S/C14H15FN2OS/c1-4-17(12-7-5-6-11(15)8-12)14-16-9(2)13(19-14)10(3)18/h5-8H,4H2,1-3H3. The minimum atomic E-state index is -0.281. The van der Waals surface area contributed by atoms with Crippen molar-refractivity contribution in [2.45, 2.75) is 20.8 Å². The van der Waals surface area contributed by atoms with E-state index in [0.717, 1.165) is 16.5 Å². The molecule has 0 atom stereocenters. The van der Waals surface area contributed by atoms with Crippen molar-refractivity contribution in [1.29, 1.82) is 0 Å². The van der Waals surface area contributed by atoms with Crippen LogP contribution in [0.5, 0.6) is 0 Å². The molecule has 0 spiro atoms. The van der Waals surface area contributed by atoms with Gasteiger partial charge >= 0.3 is 0 Å². The van der Waals surface area contributed by atoms with Gasteiger partial charge in [0.1, 0.15) is 5.82 Å². The highest BCUT2D eigenvalue weighted by atomic mass is 32.1. The zero-order valence-corrected chi connectivity index (χ0v) is 11.9. The number of hydrogen-bond donors (Lipinski definition) is 0. The zero-order valence-electron chi connectivity index (χ0n) is 11.1. The molecule has 0 saturated heterocycles. The molecule has 0 amide bonds. The summed E-state index contributed by atoms with van der Waals surface area (Å²) in [4.78, 5) is 18.4. The quantitative estimate of drug-likeness (QED) is 0.794. The summed E-state index contributed by atoms with van der Waals surface area (Å²) in [5.41, 5.74) is 1.47. The molecule has 0 radical (unpaired) electrons. The molecule has 0 saturated carbocycles. The number of carbonyl (C=O) groups is 1. The molecular formula is C14H15FN2OS. The highest BCUT2D eigenvalue weighted by Gasteiger charge is 2.17. The van der Waals surface area contributed by atoms with Crippen LogP contribution >= 0.6 is 11.3 Å². The number of nitrogens with zero attached hydrogens (tertiary/aromatic N) is 2. The normalized spacial score (nSPS) is 10.5. The van der Waals surface area contributed by atoms with Crippen molar-refractivity contribution in [3.8, 4) is 0 Å². The van der Waals surface area contributed by atoms with Crippen LogP contribution in [0.1, 0.15) is 29.2 Å². The number of thiazole rings is 1. The Morgan fingerprint density at radius 3 is 2.74 bits per heavy atom. The van der Waals surface area contributed by atoms with Crippen molar-refractivity contribution in [3.05, 3.63) is 40.7 Å². The first-order valence-corrected chi connectivity index (χ1v) is 6.86.